The van der Waals surface area contributed by atoms with Crippen molar-refractivity contribution < 1.29 is 0 Å². The Hall–Kier alpha value is -0.440. The van der Waals surface area contributed by atoms with E-state index in [1.54, 1.807) is 12.1 Å². The van der Waals surface area contributed by atoms with Crippen molar-refractivity contribution in [3.05, 3.63) is 29.3 Å². The van der Waals surface area contributed by atoms with Crippen LogP contribution in [0.3, 0.4) is 0 Å². The zero-order valence-corrected chi connectivity index (χ0v) is 6.75. The third kappa shape index (κ3) is 2.43. The molecule has 0 bridgehead atoms. The molecule has 56 valence electrons. The van der Waals surface area contributed by atoms with Gasteiger partial charge in [-0.15, -0.1) is 12.4 Å². The first-order valence-electron chi connectivity index (χ1n) is 2.55. The minimum absolute atomic E-state index is 0. The molecule has 0 aromatic heterocycles. The van der Waals surface area contributed by atoms with Crippen LogP contribution in [0.15, 0.2) is 24.3 Å². The summed E-state index contributed by atoms with van der Waals surface area (Å²) in [4.78, 5) is 0. The van der Waals surface area contributed by atoms with E-state index in [4.69, 9.17) is 17.4 Å². The second-order valence-electron chi connectivity index (χ2n) is 1.65. The molecule has 10 heavy (non-hydrogen) atoms. The van der Waals surface area contributed by atoms with Crippen LogP contribution in [0.5, 0.6) is 0 Å². The van der Waals surface area contributed by atoms with E-state index in [0.29, 0.717) is 5.02 Å². The highest BCUT2D eigenvalue weighted by Crippen LogP contribution is 2.11. The smallest absolute Gasteiger partial charge is 0.0486 e. The van der Waals surface area contributed by atoms with Gasteiger partial charge in [-0.3, -0.25) is 5.84 Å². The van der Waals surface area contributed by atoms with E-state index in [2.05, 4.69) is 5.43 Å². The number of halogens is 2. The molecule has 0 aliphatic carbocycles. The zero-order chi connectivity index (χ0) is 6.69. The average Bonchev–Trinajstić information content (AvgIpc) is 1.90. The predicted molar refractivity (Wildman–Crippen MR) is 46.5 cm³/mol. The van der Waals surface area contributed by atoms with Crippen molar-refractivity contribution in [3.8, 4) is 0 Å². The first-order valence-corrected chi connectivity index (χ1v) is 2.93. The lowest BCUT2D eigenvalue weighted by atomic mass is 10.3. The molecule has 0 radical (unpaired) electrons. The van der Waals surface area contributed by atoms with Gasteiger partial charge >= 0.3 is 0 Å². The summed E-state index contributed by atoms with van der Waals surface area (Å²) >= 11 is 5.60. The maximum Gasteiger partial charge on any atom is 0.0486 e. The Labute approximate surface area is 70.7 Å². The van der Waals surface area contributed by atoms with E-state index in [-0.39, 0.29) is 12.4 Å². The molecule has 2 nitrogen and oxygen atoms in total. The number of hydrogen-bond acceptors (Lipinski definition) is 2. The summed E-state index contributed by atoms with van der Waals surface area (Å²) in [5.41, 5.74) is 3.36. The molecule has 0 heterocycles. The van der Waals surface area contributed by atoms with Gasteiger partial charge in [-0.1, -0.05) is 11.6 Å². The van der Waals surface area contributed by atoms with Gasteiger partial charge in [0, 0.05) is 10.7 Å². The van der Waals surface area contributed by atoms with E-state index in [9.17, 15) is 0 Å². The normalized spacial score (nSPS) is 8.20. The third-order valence-electron chi connectivity index (χ3n) is 1.01. The van der Waals surface area contributed by atoms with Crippen molar-refractivity contribution in [2.45, 2.75) is 0 Å². The molecule has 1 aromatic carbocycles. The van der Waals surface area contributed by atoms with E-state index < -0.39 is 0 Å². The lowest BCUT2D eigenvalue weighted by Gasteiger charge is -1.96. The minimum atomic E-state index is 0. The lowest BCUT2D eigenvalue weighted by Crippen LogP contribution is -2.05. The monoisotopic (exact) mass is 178 g/mol. The molecule has 4 heteroatoms. The number of hydrazine groups is 1. The number of anilines is 1. The van der Waals surface area contributed by atoms with Crippen LogP contribution in [-0.4, -0.2) is 0 Å². The fourth-order valence-electron chi connectivity index (χ4n) is 0.546. The molecule has 0 fully saturated rings. The van der Waals surface area contributed by atoms with E-state index in [0.717, 1.165) is 5.69 Å². The van der Waals surface area contributed by atoms with Crippen LogP contribution in [0.4, 0.5) is 5.69 Å². The van der Waals surface area contributed by atoms with Crippen LogP contribution in [0.1, 0.15) is 0 Å². The Kier molecular flexibility index (Phi) is 4.19. The number of hydrogen-bond donors (Lipinski definition) is 2. The molecule has 0 aliphatic rings. The van der Waals surface area contributed by atoms with Crippen molar-refractivity contribution in [2.24, 2.45) is 5.84 Å². The SMILES string of the molecule is Cl.NNc1ccc(Cl)cc1. The maximum absolute atomic E-state index is 5.60. The van der Waals surface area contributed by atoms with E-state index in [1.807, 2.05) is 12.1 Å². The minimum Gasteiger partial charge on any atom is -0.324 e. The van der Waals surface area contributed by atoms with Gasteiger partial charge in [0.05, 0.1) is 0 Å². The molecule has 0 saturated carbocycles. The quantitative estimate of drug-likeness (QED) is 0.511. The van der Waals surface area contributed by atoms with Gasteiger partial charge in [-0.2, -0.15) is 0 Å². The van der Waals surface area contributed by atoms with Gasteiger partial charge in [0.1, 0.15) is 0 Å². The van der Waals surface area contributed by atoms with Crippen molar-refractivity contribution >= 4 is 29.7 Å². The fraction of sp³-hybridized carbons (Fsp3) is 0. The molecule has 0 amide bonds. The van der Waals surface area contributed by atoms with E-state index in [1.165, 1.54) is 0 Å². The summed E-state index contributed by atoms with van der Waals surface area (Å²) in [6.07, 6.45) is 0. The molecule has 0 unspecified atom stereocenters. The van der Waals surface area contributed by atoms with Gasteiger partial charge in [-0.25, -0.2) is 0 Å². The summed E-state index contributed by atoms with van der Waals surface area (Å²) in [6.45, 7) is 0. The number of nitrogens with two attached hydrogens (primary N) is 1. The van der Waals surface area contributed by atoms with Crippen LogP contribution in [0.2, 0.25) is 5.02 Å². The Balaban J connectivity index is 0.000000810. The van der Waals surface area contributed by atoms with Crippen molar-refractivity contribution in [1.29, 1.82) is 0 Å². The predicted octanol–water partition coefficient (Wildman–Crippen LogP) is 2.05. The van der Waals surface area contributed by atoms with Crippen molar-refractivity contribution in [3.63, 3.8) is 0 Å². The molecule has 3 N–H and O–H groups in total. The fourth-order valence-corrected chi connectivity index (χ4v) is 0.672. The first-order chi connectivity index (χ1) is 4.33. The van der Waals surface area contributed by atoms with Gasteiger partial charge < -0.3 is 5.43 Å². The molecular weight excluding hydrogens is 171 g/mol. The van der Waals surface area contributed by atoms with Gasteiger partial charge in [0.2, 0.25) is 0 Å². The van der Waals surface area contributed by atoms with Gasteiger partial charge in [0.15, 0.2) is 0 Å². The number of nitrogens with one attached hydrogen (secondary N) is 1. The summed E-state index contributed by atoms with van der Waals surface area (Å²) in [6, 6.07) is 7.16. The van der Waals surface area contributed by atoms with E-state index >= 15 is 0 Å². The van der Waals surface area contributed by atoms with Crippen LogP contribution < -0.4 is 11.3 Å². The Morgan fingerprint density at radius 2 is 1.70 bits per heavy atom. The summed E-state index contributed by atoms with van der Waals surface area (Å²) in [5.74, 6) is 5.11. The topological polar surface area (TPSA) is 38.0 Å². The molecule has 0 aliphatic heterocycles. The standard InChI is InChI=1S/C6H7ClN2.ClH/c7-5-1-3-6(9-8)4-2-5;/h1-4,9H,8H2;1H. The highest BCUT2D eigenvalue weighted by Gasteiger charge is 1.85. The third-order valence-corrected chi connectivity index (χ3v) is 1.26. The van der Waals surface area contributed by atoms with Crippen LogP contribution in [0, 0.1) is 0 Å². The molecule has 0 spiro atoms. The number of nitrogen functional groups attached to an aromatic ring is 1. The number of rotatable bonds is 1. The van der Waals surface area contributed by atoms with Crippen molar-refractivity contribution in [1.82, 2.24) is 0 Å². The van der Waals surface area contributed by atoms with Crippen LogP contribution in [-0.2, 0) is 0 Å². The van der Waals surface area contributed by atoms with Crippen LogP contribution in [0.25, 0.3) is 0 Å². The van der Waals surface area contributed by atoms with Gasteiger partial charge in [-0.05, 0) is 24.3 Å². The summed E-state index contributed by atoms with van der Waals surface area (Å²) in [7, 11) is 0. The van der Waals surface area contributed by atoms with Crippen molar-refractivity contribution in [2.75, 3.05) is 5.43 Å². The molecule has 1 aromatic rings. The average molecular weight is 179 g/mol. The molecular formula is C6H8Cl2N2. The molecule has 1 rings (SSSR count). The second kappa shape index (κ2) is 4.39. The summed E-state index contributed by atoms with van der Waals surface area (Å²) in [5, 5.41) is 0.717. The zero-order valence-electron chi connectivity index (χ0n) is 5.17. The largest absolute Gasteiger partial charge is 0.324 e. The first kappa shape index (κ1) is 9.56. The van der Waals surface area contributed by atoms with Gasteiger partial charge in [0.25, 0.3) is 0 Å². The number of benzene rings is 1. The lowest BCUT2D eigenvalue weighted by molar-refractivity contribution is 1.35. The molecule has 0 saturated heterocycles. The summed E-state index contributed by atoms with van der Waals surface area (Å²) < 4.78 is 0. The molecule has 0 atom stereocenters. The second-order valence-corrected chi connectivity index (χ2v) is 2.09. The Morgan fingerprint density at radius 1 is 1.20 bits per heavy atom. The highest BCUT2D eigenvalue weighted by atomic mass is 35.5. The van der Waals surface area contributed by atoms with Crippen LogP contribution >= 0.6 is 24.0 Å². The maximum atomic E-state index is 5.60. The highest BCUT2D eigenvalue weighted by molar-refractivity contribution is 6.30. The Morgan fingerprint density at radius 3 is 2.10 bits per heavy atom. The Bertz CT molecular complexity index is 185.